The Kier molecular flexibility index (Phi) is 7.91. The smallest absolute Gasteiger partial charge is 0.309 e. The van der Waals surface area contributed by atoms with Crippen molar-refractivity contribution in [3.63, 3.8) is 0 Å². The van der Waals surface area contributed by atoms with E-state index in [0.717, 1.165) is 23.8 Å². The maximum Gasteiger partial charge on any atom is 0.309 e. The van der Waals surface area contributed by atoms with Crippen LogP contribution in [0.5, 0.6) is 0 Å². The molecule has 3 nitrogen and oxygen atoms in total. The van der Waals surface area contributed by atoms with E-state index in [1.165, 1.54) is 31.5 Å². The Morgan fingerprint density at radius 1 is 0.730 bits per heavy atom. The summed E-state index contributed by atoms with van der Waals surface area (Å²) in [7, 11) is 0. The summed E-state index contributed by atoms with van der Waals surface area (Å²) in [6, 6.07) is 10.8. The van der Waals surface area contributed by atoms with Crippen LogP contribution < -0.4 is 0 Å². The van der Waals surface area contributed by atoms with Gasteiger partial charge < -0.3 is 4.74 Å². The molecule has 37 heavy (non-hydrogen) atoms. The van der Waals surface area contributed by atoms with Crippen LogP contribution in [0.1, 0.15) is 23.9 Å². The molecule has 3 aromatic carbocycles. The van der Waals surface area contributed by atoms with Gasteiger partial charge in [-0.05, 0) is 48.2 Å². The van der Waals surface area contributed by atoms with Crippen molar-refractivity contribution in [3.05, 3.63) is 113 Å². The van der Waals surface area contributed by atoms with Gasteiger partial charge in [0.1, 0.15) is 11.6 Å². The van der Waals surface area contributed by atoms with Crippen molar-refractivity contribution in [1.29, 1.82) is 0 Å². The topological polar surface area (TPSA) is 35.0 Å². The standard InChI is InChI=1S/C28H20F6N2O/c1-2-37-28(34)26(32)18-8-9-21(22(29)11-18)20-14-35-25(36-15-20)10-5-16-3-6-17(7-4-16)19-12-23(30)27(33)24(31)13-19/h3-4,6-9,11-15H,2,5,10H2,1H3/b28-26-. The summed E-state index contributed by atoms with van der Waals surface area (Å²) in [4.78, 5) is 8.51. The summed E-state index contributed by atoms with van der Waals surface area (Å²) in [5.74, 6) is -5.58. The van der Waals surface area contributed by atoms with E-state index in [4.69, 9.17) is 0 Å². The minimum absolute atomic E-state index is 0.0622. The molecule has 190 valence electrons. The van der Waals surface area contributed by atoms with Gasteiger partial charge in [-0.15, -0.1) is 0 Å². The third-order valence-electron chi connectivity index (χ3n) is 5.59. The Morgan fingerprint density at radius 2 is 1.38 bits per heavy atom. The summed E-state index contributed by atoms with van der Waals surface area (Å²) in [5.41, 5.74) is 1.88. The first kappa shape index (κ1) is 25.9. The molecule has 0 radical (unpaired) electrons. The average molecular weight is 514 g/mol. The predicted molar refractivity (Wildman–Crippen MR) is 127 cm³/mol. The summed E-state index contributed by atoms with van der Waals surface area (Å²) in [6.07, 6.45) is 3.90. The van der Waals surface area contributed by atoms with Gasteiger partial charge in [0, 0.05) is 35.5 Å². The molecule has 0 saturated carbocycles. The van der Waals surface area contributed by atoms with Gasteiger partial charge in [-0.3, -0.25) is 0 Å². The number of hydrogen-bond acceptors (Lipinski definition) is 3. The first-order valence-electron chi connectivity index (χ1n) is 11.3. The van der Waals surface area contributed by atoms with Gasteiger partial charge in [0.2, 0.25) is 5.83 Å². The minimum Gasteiger partial charge on any atom is -0.469 e. The second kappa shape index (κ2) is 11.3. The lowest BCUT2D eigenvalue weighted by atomic mass is 10.0. The number of rotatable bonds is 8. The average Bonchev–Trinajstić information content (AvgIpc) is 2.90. The molecule has 0 amide bonds. The van der Waals surface area contributed by atoms with E-state index in [-0.39, 0.29) is 23.3 Å². The van der Waals surface area contributed by atoms with Crippen molar-refractivity contribution in [2.75, 3.05) is 6.61 Å². The molecular weight excluding hydrogens is 494 g/mol. The van der Waals surface area contributed by atoms with E-state index >= 15 is 0 Å². The molecule has 1 heterocycles. The van der Waals surface area contributed by atoms with Crippen LogP contribution >= 0.6 is 0 Å². The molecule has 9 heteroatoms. The quantitative estimate of drug-likeness (QED) is 0.137. The molecule has 1 aromatic heterocycles. The largest absolute Gasteiger partial charge is 0.469 e. The van der Waals surface area contributed by atoms with Gasteiger partial charge >= 0.3 is 6.01 Å². The van der Waals surface area contributed by atoms with Gasteiger partial charge in [0.05, 0.1) is 6.61 Å². The number of benzene rings is 3. The number of nitrogens with zero attached hydrogens (tertiary/aromatic N) is 2. The molecule has 0 aliphatic rings. The number of ether oxygens (including phenoxy) is 1. The molecule has 0 aliphatic heterocycles. The monoisotopic (exact) mass is 514 g/mol. The summed E-state index contributed by atoms with van der Waals surface area (Å²) in [6.45, 7) is 1.44. The first-order valence-corrected chi connectivity index (χ1v) is 11.3. The lowest BCUT2D eigenvalue weighted by Crippen LogP contribution is -1.99. The van der Waals surface area contributed by atoms with Crippen molar-refractivity contribution in [2.45, 2.75) is 19.8 Å². The lowest BCUT2D eigenvalue weighted by Gasteiger charge is -2.08. The fourth-order valence-corrected chi connectivity index (χ4v) is 3.65. The highest BCUT2D eigenvalue weighted by atomic mass is 19.2. The zero-order valence-corrected chi connectivity index (χ0v) is 19.5. The van der Waals surface area contributed by atoms with Crippen LogP contribution in [0.15, 0.2) is 73.0 Å². The molecule has 0 atom stereocenters. The number of hydrogen-bond donors (Lipinski definition) is 0. The molecule has 4 rings (SSSR count). The third-order valence-corrected chi connectivity index (χ3v) is 5.59. The maximum atomic E-state index is 14.6. The highest BCUT2D eigenvalue weighted by Crippen LogP contribution is 2.28. The first-order chi connectivity index (χ1) is 17.8. The lowest BCUT2D eigenvalue weighted by molar-refractivity contribution is 0.156. The van der Waals surface area contributed by atoms with Crippen LogP contribution in [-0.4, -0.2) is 16.6 Å². The van der Waals surface area contributed by atoms with Gasteiger partial charge in [-0.2, -0.15) is 8.78 Å². The van der Waals surface area contributed by atoms with Gasteiger partial charge in [-0.25, -0.2) is 27.5 Å². The number of halogens is 6. The van der Waals surface area contributed by atoms with Crippen molar-refractivity contribution in [3.8, 4) is 22.3 Å². The molecule has 0 aliphatic carbocycles. The Hall–Kier alpha value is -4.14. The van der Waals surface area contributed by atoms with E-state index in [2.05, 4.69) is 14.7 Å². The predicted octanol–water partition coefficient (Wildman–Crippen LogP) is 7.75. The van der Waals surface area contributed by atoms with E-state index < -0.39 is 35.1 Å². The Labute approximate surface area is 209 Å². The summed E-state index contributed by atoms with van der Waals surface area (Å²) >= 11 is 0. The highest BCUT2D eigenvalue weighted by molar-refractivity contribution is 5.68. The fraction of sp³-hybridized carbons (Fsp3) is 0.143. The highest BCUT2D eigenvalue weighted by Gasteiger charge is 2.15. The SMILES string of the molecule is CCO/C(F)=C(\F)c1ccc(-c2cnc(CCc3ccc(-c4cc(F)c(F)c(F)c4)cc3)nc2)c(F)c1. The zero-order chi connectivity index (χ0) is 26.5. The van der Waals surface area contributed by atoms with E-state index in [0.29, 0.717) is 29.8 Å². The second-order valence-electron chi connectivity index (χ2n) is 8.05. The Morgan fingerprint density at radius 3 is 1.97 bits per heavy atom. The molecule has 0 fully saturated rings. The van der Waals surface area contributed by atoms with Crippen LogP contribution in [0.2, 0.25) is 0 Å². The van der Waals surface area contributed by atoms with Crippen LogP contribution in [0, 0.1) is 23.3 Å². The fourth-order valence-electron chi connectivity index (χ4n) is 3.65. The maximum absolute atomic E-state index is 14.6. The molecule has 0 saturated heterocycles. The normalized spacial score (nSPS) is 11.9. The Balaban J connectivity index is 1.41. The molecule has 0 spiro atoms. The minimum atomic E-state index is -1.51. The van der Waals surface area contributed by atoms with Crippen LogP contribution in [-0.2, 0) is 17.6 Å². The molecule has 0 unspecified atom stereocenters. The number of aromatic nitrogens is 2. The molecular formula is C28H20F6N2O. The Bertz CT molecular complexity index is 1410. The van der Waals surface area contributed by atoms with E-state index in [1.807, 2.05) is 0 Å². The summed E-state index contributed by atoms with van der Waals surface area (Å²) in [5, 5.41) is 0. The van der Waals surface area contributed by atoms with Crippen molar-refractivity contribution < 1.29 is 31.1 Å². The van der Waals surface area contributed by atoms with Gasteiger partial charge in [0.25, 0.3) is 0 Å². The molecule has 0 N–H and O–H groups in total. The zero-order valence-electron chi connectivity index (χ0n) is 19.5. The number of aryl methyl sites for hydroxylation is 2. The van der Waals surface area contributed by atoms with Gasteiger partial charge in [0.15, 0.2) is 17.5 Å². The van der Waals surface area contributed by atoms with Crippen molar-refractivity contribution in [1.82, 2.24) is 9.97 Å². The molecule has 0 bridgehead atoms. The van der Waals surface area contributed by atoms with Crippen LogP contribution in [0.25, 0.3) is 28.1 Å². The third kappa shape index (κ3) is 5.99. The van der Waals surface area contributed by atoms with Crippen LogP contribution in [0.4, 0.5) is 26.3 Å². The van der Waals surface area contributed by atoms with Crippen LogP contribution in [0.3, 0.4) is 0 Å². The van der Waals surface area contributed by atoms with Crippen molar-refractivity contribution >= 4 is 5.83 Å². The second-order valence-corrected chi connectivity index (χ2v) is 8.05. The molecule has 4 aromatic rings. The van der Waals surface area contributed by atoms with Crippen molar-refractivity contribution in [2.24, 2.45) is 0 Å². The van der Waals surface area contributed by atoms with Gasteiger partial charge in [-0.1, -0.05) is 36.4 Å². The summed E-state index contributed by atoms with van der Waals surface area (Å²) < 4.78 is 86.7. The van der Waals surface area contributed by atoms with E-state index in [9.17, 15) is 26.3 Å². The van der Waals surface area contributed by atoms with E-state index in [1.54, 1.807) is 24.3 Å².